The van der Waals surface area contributed by atoms with E-state index in [-0.39, 0.29) is 18.0 Å². The van der Waals surface area contributed by atoms with Crippen LogP contribution in [0.2, 0.25) is 0 Å². The first-order valence-electron chi connectivity index (χ1n) is 5.40. The molecule has 92 valence electrons. The second-order valence-corrected chi connectivity index (χ2v) is 3.79. The van der Waals surface area contributed by atoms with Gasteiger partial charge >= 0.3 is 0 Å². The van der Waals surface area contributed by atoms with Crippen molar-refractivity contribution in [3.05, 3.63) is 54.1 Å². The number of aromatic nitrogens is 1. The number of nitrogen functional groups attached to an aromatic ring is 1. The predicted molar refractivity (Wildman–Crippen MR) is 67.4 cm³/mol. The van der Waals surface area contributed by atoms with Gasteiger partial charge in [-0.25, -0.2) is 4.39 Å². The van der Waals surface area contributed by atoms with Gasteiger partial charge in [-0.15, -0.1) is 0 Å². The number of nitrogens with zero attached hydrogens (tertiary/aromatic N) is 1. The van der Waals surface area contributed by atoms with Crippen molar-refractivity contribution in [1.29, 1.82) is 0 Å². The van der Waals surface area contributed by atoms with Crippen LogP contribution in [-0.4, -0.2) is 10.9 Å². The van der Waals surface area contributed by atoms with Crippen LogP contribution in [0.4, 0.5) is 15.8 Å². The largest absolute Gasteiger partial charge is 0.397 e. The van der Waals surface area contributed by atoms with Crippen LogP contribution in [0, 0.1) is 5.82 Å². The van der Waals surface area contributed by atoms with Crippen molar-refractivity contribution in [2.75, 3.05) is 11.1 Å². The molecule has 3 N–H and O–H groups in total. The van der Waals surface area contributed by atoms with Gasteiger partial charge in [-0.3, -0.25) is 9.78 Å². The SMILES string of the molecule is Nc1ccc(CC(=O)Nc2ccccc2F)nc1. The van der Waals surface area contributed by atoms with Gasteiger partial charge in [0.05, 0.1) is 24.0 Å². The molecule has 1 aromatic carbocycles. The maximum absolute atomic E-state index is 13.3. The number of carbonyl (C=O) groups excluding carboxylic acids is 1. The van der Waals surface area contributed by atoms with Crippen LogP contribution < -0.4 is 11.1 Å². The molecule has 4 nitrogen and oxygen atoms in total. The van der Waals surface area contributed by atoms with Crippen LogP contribution in [0.1, 0.15) is 5.69 Å². The number of rotatable bonds is 3. The third-order valence-corrected chi connectivity index (χ3v) is 2.34. The summed E-state index contributed by atoms with van der Waals surface area (Å²) in [5.74, 6) is -0.784. The highest BCUT2D eigenvalue weighted by Crippen LogP contribution is 2.12. The van der Waals surface area contributed by atoms with Gasteiger partial charge in [-0.1, -0.05) is 12.1 Å². The minimum Gasteiger partial charge on any atom is -0.397 e. The summed E-state index contributed by atoms with van der Waals surface area (Å²) in [6.45, 7) is 0. The summed E-state index contributed by atoms with van der Waals surface area (Å²) in [6, 6.07) is 9.34. The molecule has 2 rings (SSSR count). The summed E-state index contributed by atoms with van der Waals surface area (Å²) >= 11 is 0. The highest BCUT2D eigenvalue weighted by Gasteiger charge is 2.07. The Labute approximate surface area is 104 Å². The number of anilines is 2. The average molecular weight is 245 g/mol. The number of amides is 1. The minimum atomic E-state index is -0.462. The molecule has 2 aromatic rings. The number of carbonyl (C=O) groups is 1. The standard InChI is InChI=1S/C13H12FN3O/c14-11-3-1-2-4-12(11)17-13(18)7-10-6-5-9(15)8-16-10/h1-6,8H,7,15H2,(H,17,18). The molecule has 1 aromatic heterocycles. The Bertz CT molecular complexity index is 554. The number of nitrogens with two attached hydrogens (primary N) is 1. The van der Waals surface area contributed by atoms with Crippen molar-refractivity contribution in [1.82, 2.24) is 4.98 Å². The molecule has 0 fully saturated rings. The Balaban J connectivity index is 2.01. The van der Waals surface area contributed by atoms with E-state index < -0.39 is 5.82 Å². The van der Waals surface area contributed by atoms with Gasteiger partial charge in [-0.2, -0.15) is 0 Å². The van der Waals surface area contributed by atoms with Gasteiger partial charge in [0.1, 0.15) is 5.82 Å². The first-order chi connectivity index (χ1) is 8.65. The summed E-state index contributed by atoms with van der Waals surface area (Å²) < 4.78 is 13.3. The Morgan fingerprint density at radius 3 is 2.72 bits per heavy atom. The minimum absolute atomic E-state index is 0.0780. The van der Waals surface area contributed by atoms with Crippen molar-refractivity contribution >= 4 is 17.3 Å². The van der Waals surface area contributed by atoms with Crippen LogP contribution in [-0.2, 0) is 11.2 Å². The van der Waals surface area contributed by atoms with E-state index in [0.29, 0.717) is 11.4 Å². The van der Waals surface area contributed by atoms with E-state index in [1.807, 2.05) is 0 Å². The second-order valence-electron chi connectivity index (χ2n) is 3.79. The summed E-state index contributed by atoms with van der Waals surface area (Å²) in [6.07, 6.45) is 1.56. The number of halogens is 1. The van der Waals surface area contributed by atoms with Gasteiger partial charge in [0.2, 0.25) is 5.91 Å². The highest BCUT2D eigenvalue weighted by molar-refractivity contribution is 5.92. The molecule has 1 heterocycles. The van der Waals surface area contributed by atoms with Crippen LogP contribution >= 0.6 is 0 Å². The van der Waals surface area contributed by atoms with Crippen molar-refractivity contribution in [3.63, 3.8) is 0 Å². The van der Waals surface area contributed by atoms with Crippen molar-refractivity contribution in [2.24, 2.45) is 0 Å². The lowest BCUT2D eigenvalue weighted by Crippen LogP contribution is -2.16. The molecule has 18 heavy (non-hydrogen) atoms. The molecular formula is C13H12FN3O. The van der Waals surface area contributed by atoms with E-state index >= 15 is 0 Å². The fourth-order valence-electron chi connectivity index (χ4n) is 1.46. The summed E-state index contributed by atoms with van der Waals surface area (Å²) in [4.78, 5) is 15.7. The second kappa shape index (κ2) is 5.27. The third-order valence-electron chi connectivity index (χ3n) is 2.34. The van der Waals surface area contributed by atoms with Gasteiger partial charge in [0.15, 0.2) is 0 Å². The third kappa shape index (κ3) is 3.04. The molecular weight excluding hydrogens is 233 g/mol. The summed E-state index contributed by atoms with van der Waals surface area (Å²) in [5, 5.41) is 2.49. The molecule has 0 aliphatic rings. The predicted octanol–water partition coefficient (Wildman–Crippen LogP) is 1.98. The zero-order valence-electron chi connectivity index (χ0n) is 9.56. The van der Waals surface area contributed by atoms with E-state index in [1.54, 1.807) is 24.3 Å². The first-order valence-corrected chi connectivity index (χ1v) is 5.40. The van der Waals surface area contributed by atoms with Gasteiger partial charge in [-0.05, 0) is 24.3 Å². The molecule has 0 bridgehead atoms. The van der Waals surface area contributed by atoms with Gasteiger partial charge in [0, 0.05) is 5.69 Å². The number of pyridine rings is 1. The zero-order chi connectivity index (χ0) is 13.0. The molecule has 0 unspecified atom stereocenters. The highest BCUT2D eigenvalue weighted by atomic mass is 19.1. The van der Waals surface area contributed by atoms with E-state index in [9.17, 15) is 9.18 Å². The number of hydrogen-bond acceptors (Lipinski definition) is 3. The monoisotopic (exact) mass is 245 g/mol. The van der Waals surface area contributed by atoms with Crippen LogP contribution in [0.3, 0.4) is 0 Å². The maximum atomic E-state index is 13.3. The Hall–Kier alpha value is -2.43. The first kappa shape index (κ1) is 12.0. The quantitative estimate of drug-likeness (QED) is 0.868. The number of hydrogen-bond donors (Lipinski definition) is 2. The van der Waals surface area contributed by atoms with Gasteiger partial charge < -0.3 is 11.1 Å². The average Bonchev–Trinajstić information content (AvgIpc) is 2.35. The number of para-hydroxylation sites is 1. The molecule has 0 saturated heterocycles. The van der Waals surface area contributed by atoms with E-state index in [0.717, 1.165) is 0 Å². The Kier molecular flexibility index (Phi) is 3.52. The lowest BCUT2D eigenvalue weighted by atomic mass is 10.2. The molecule has 0 radical (unpaired) electrons. The van der Waals surface area contributed by atoms with Crippen LogP contribution in [0.25, 0.3) is 0 Å². The van der Waals surface area contributed by atoms with E-state index in [1.165, 1.54) is 18.3 Å². The smallest absolute Gasteiger partial charge is 0.230 e. The van der Waals surface area contributed by atoms with Gasteiger partial charge in [0.25, 0.3) is 0 Å². The number of nitrogens with one attached hydrogen (secondary N) is 1. The van der Waals surface area contributed by atoms with Crippen molar-refractivity contribution in [3.8, 4) is 0 Å². The summed E-state index contributed by atoms with van der Waals surface area (Å²) in [7, 11) is 0. The van der Waals surface area contributed by atoms with Crippen LogP contribution in [0.5, 0.6) is 0 Å². The topological polar surface area (TPSA) is 68.0 Å². The van der Waals surface area contributed by atoms with E-state index in [2.05, 4.69) is 10.3 Å². The zero-order valence-corrected chi connectivity index (χ0v) is 9.56. The number of benzene rings is 1. The molecule has 0 atom stereocenters. The molecule has 0 aliphatic heterocycles. The van der Waals surface area contributed by atoms with Crippen molar-refractivity contribution in [2.45, 2.75) is 6.42 Å². The molecule has 5 heteroatoms. The Morgan fingerprint density at radius 1 is 1.28 bits per heavy atom. The maximum Gasteiger partial charge on any atom is 0.230 e. The summed E-state index contributed by atoms with van der Waals surface area (Å²) in [5.41, 5.74) is 6.77. The molecule has 0 aliphatic carbocycles. The lowest BCUT2D eigenvalue weighted by Gasteiger charge is -2.05. The lowest BCUT2D eigenvalue weighted by molar-refractivity contribution is -0.115. The normalized spacial score (nSPS) is 10.1. The molecule has 0 saturated carbocycles. The fraction of sp³-hybridized carbons (Fsp3) is 0.0769. The van der Waals surface area contributed by atoms with Crippen LogP contribution in [0.15, 0.2) is 42.6 Å². The fourth-order valence-corrected chi connectivity index (χ4v) is 1.46. The van der Waals surface area contributed by atoms with E-state index in [4.69, 9.17) is 5.73 Å². The van der Waals surface area contributed by atoms with Crippen molar-refractivity contribution < 1.29 is 9.18 Å². The molecule has 1 amide bonds. The molecule has 0 spiro atoms. The Morgan fingerprint density at radius 2 is 2.06 bits per heavy atom.